The molecule has 12 heteroatoms. The number of aryl methyl sites for hydroxylation is 1. The van der Waals surface area contributed by atoms with Crippen molar-refractivity contribution in [1.82, 2.24) is 14.3 Å². The Morgan fingerprint density at radius 2 is 1.56 bits per heavy atom. The minimum absolute atomic E-state index is 0.0613. The first-order valence-electron chi connectivity index (χ1n) is 9.04. The van der Waals surface area contributed by atoms with Crippen molar-refractivity contribution in [2.45, 2.75) is 23.7 Å². The molecule has 1 N–H and O–H groups in total. The van der Waals surface area contributed by atoms with Gasteiger partial charge in [-0.3, -0.25) is 0 Å². The molecule has 0 amide bonds. The molecule has 0 aliphatic carbocycles. The lowest BCUT2D eigenvalue weighted by Gasteiger charge is -2.16. The number of hydrogen-bond acceptors (Lipinski definition) is 3. The fraction of sp³-hybridized carbons (Fsp3) is 0.250. The van der Waals surface area contributed by atoms with Gasteiger partial charge >= 0.3 is 12.4 Å². The van der Waals surface area contributed by atoms with Gasteiger partial charge in [-0.25, -0.2) is 18.1 Å². The Morgan fingerprint density at radius 3 is 2.03 bits per heavy atom. The molecule has 172 valence electrons. The molecule has 3 aromatic rings. The van der Waals surface area contributed by atoms with E-state index in [1.165, 1.54) is 31.6 Å². The lowest BCUT2D eigenvalue weighted by Crippen LogP contribution is -2.18. The van der Waals surface area contributed by atoms with Gasteiger partial charge < -0.3 is 4.57 Å². The molecule has 0 saturated heterocycles. The van der Waals surface area contributed by atoms with Gasteiger partial charge in [0.1, 0.15) is 0 Å². The number of sulfonamides is 1. The zero-order valence-electron chi connectivity index (χ0n) is 16.7. The quantitative estimate of drug-likeness (QED) is 0.546. The maximum Gasteiger partial charge on any atom is 0.416 e. The Bertz CT molecular complexity index is 1210. The van der Waals surface area contributed by atoms with Gasteiger partial charge in [0.05, 0.1) is 28.0 Å². The number of imidazole rings is 1. The molecule has 0 saturated carbocycles. The maximum atomic E-state index is 13.2. The normalized spacial score (nSPS) is 12.9. The molecule has 0 unspecified atom stereocenters. The second kappa shape index (κ2) is 8.24. The first-order chi connectivity index (χ1) is 14.7. The summed E-state index contributed by atoms with van der Waals surface area (Å²) in [7, 11) is -0.973. The first kappa shape index (κ1) is 23.8. The van der Waals surface area contributed by atoms with E-state index in [4.69, 9.17) is 0 Å². The van der Waals surface area contributed by atoms with Crippen LogP contribution in [0, 0.1) is 0 Å². The van der Waals surface area contributed by atoms with Gasteiger partial charge in [0.2, 0.25) is 10.0 Å². The van der Waals surface area contributed by atoms with Crippen molar-refractivity contribution in [3.63, 3.8) is 0 Å². The monoisotopic (exact) mass is 477 g/mol. The number of hydrogen-bond donors (Lipinski definition) is 1. The third-order valence-corrected chi connectivity index (χ3v) is 6.10. The molecule has 32 heavy (non-hydrogen) atoms. The highest BCUT2D eigenvalue weighted by Crippen LogP contribution is 2.37. The number of nitrogens with zero attached hydrogens (tertiary/aromatic N) is 2. The van der Waals surface area contributed by atoms with E-state index in [1.54, 1.807) is 17.8 Å². The average Bonchev–Trinajstić information content (AvgIpc) is 3.12. The summed E-state index contributed by atoms with van der Waals surface area (Å²) in [6.45, 7) is 0. The van der Waals surface area contributed by atoms with E-state index in [0.29, 0.717) is 23.4 Å². The number of halogens is 6. The fourth-order valence-corrected chi connectivity index (χ4v) is 3.88. The second-order valence-electron chi connectivity index (χ2n) is 7.04. The first-order valence-corrected chi connectivity index (χ1v) is 10.5. The third-order valence-electron chi connectivity index (χ3n) is 4.68. The van der Waals surface area contributed by atoms with Gasteiger partial charge in [-0.2, -0.15) is 26.3 Å². The third kappa shape index (κ3) is 5.13. The summed E-state index contributed by atoms with van der Waals surface area (Å²) in [4.78, 5) is 4.02. The van der Waals surface area contributed by atoms with E-state index in [9.17, 15) is 34.8 Å². The Hall–Kier alpha value is -2.86. The summed E-state index contributed by atoms with van der Waals surface area (Å²) in [5, 5.41) is 0. The summed E-state index contributed by atoms with van der Waals surface area (Å²) in [5.74, 6) is 0. The Labute approximate surface area is 179 Å². The molecule has 0 aliphatic rings. The highest BCUT2D eigenvalue weighted by atomic mass is 32.2. The molecule has 2 aromatic carbocycles. The maximum absolute atomic E-state index is 13.2. The van der Waals surface area contributed by atoms with Crippen LogP contribution in [0.2, 0.25) is 0 Å². The van der Waals surface area contributed by atoms with E-state index < -0.39 is 33.5 Å². The SMILES string of the molecule is CNS(=O)(=O)c1ccc(Cc2cc(C(F)(F)F)cc(C(F)(F)F)c2)c(-c2cn(C)cn2)c1. The van der Waals surface area contributed by atoms with E-state index in [0.717, 1.165) is 0 Å². The molecule has 0 fully saturated rings. The molecule has 0 bridgehead atoms. The molecular weight excluding hydrogens is 460 g/mol. The summed E-state index contributed by atoms with van der Waals surface area (Å²) in [5.41, 5.74) is -2.17. The smallest absolute Gasteiger partial charge is 0.340 e. The van der Waals surface area contributed by atoms with Gasteiger partial charge in [-0.15, -0.1) is 0 Å². The molecule has 0 atom stereocenters. The van der Waals surface area contributed by atoms with Crippen molar-refractivity contribution in [3.05, 3.63) is 71.2 Å². The lowest BCUT2D eigenvalue weighted by molar-refractivity contribution is -0.143. The summed E-state index contributed by atoms with van der Waals surface area (Å²) < 4.78 is 107. The topological polar surface area (TPSA) is 64.0 Å². The Kier molecular flexibility index (Phi) is 6.13. The van der Waals surface area contributed by atoms with Gasteiger partial charge in [-0.1, -0.05) is 6.07 Å². The summed E-state index contributed by atoms with van der Waals surface area (Å²) in [6.07, 6.45) is -7.25. The zero-order valence-corrected chi connectivity index (χ0v) is 17.5. The van der Waals surface area contributed by atoms with Crippen LogP contribution in [-0.4, -0.2) is 25.0 Å². The molecule has 5 nitrogen and oxygen atoms in total. The highest BCUT2D eigenvalue weighted by Gasteiger charge is 2.37. The summed E-state index contributed by atoms with van der Waals surface area (Å²) >= 11 is 0. The zero-order chi connectivity index (χ0) is 23.9. The molecule has 1 heterocycles. The van der Waals surface area contributed by atoms with Crippen molar-refractivity contribution in [3.8, 4) is 11.3 Å². The highest BCUT2D eigenvalue weighted by molar-refractivity contribution is 7.89. The minimum atomic E-state index is -4.97. The van der Waals surface area contributed by atoms with Crippen LogP contribution in [0.1, 0.15) is 22.3 Å². The number of rotatable bonds is 5. The van der Waals surface area contributed by atoms with E-state index in [2.05, 4.69) is 9.71 Å². The van der Waals surface area contributed by atoms with Crippen molar-refractivity contribution < 1.29 is 34.8 Å². The van der Waals surface area contributed by atoms with Gasteiger partial charge in [0.25, 0.3) is 0 Å². The van der Waals surface area contributed by atoms with Crippen LogP contribution in [0.25, 0.3) is 11.3 Å². The lowest BCUT2D eigenvalue weighted by atomic mass is 9.95. The van der Waals surface area contributed by atoms with Crippen LogP contribution in [-0.2, 0) is 35.8 Å². The second-order valence-corrected chi connectivity index (χ2v) is 8.93. The largest absolute Gasteiger partial charge is 0.416 e. The fourth-order valence-electron chi connectivity index (χ4n) is 3.13. The van der Waals surface area contributed by atoms with Crippen molar-refractivity contribution in [2.24, 2.45) is 7.05 Å². The van der Waals surface area contributed by atoms with Gasteiger partial charge in [0.15, 0.2) is 0 Å². The van der Waals surface area contributed by atoms with E-state index >= 15 is 0 Å². The van der Waals surface area contributed by atoms with Crippen LogP contribution >= 0.6 is 0 Å². The average molecular weight is 477 g/mol. The number of alkyl halides is 6. The van der Waals surface area contributed by atoms with Crippen LogP contribution in [0.3, 0.4) is 0 Å². The minimum Gasteiger partial charge on any atom is -0.340 e. The van der Waals surface area contributed by atoms with Gasteiger partial charge in [-0.05, 0) is 54.9 Å². The molecule has 0 aliphatic heterocycles. The van der Waals surface area contributed by atoms with Crippen molar-refractivity contribution >= 4 is 10.0 Å². The number of benzene rings is 2. The Morgan fingerprint density at radius 1 is 0.969 bits per heavy atom. The van der Waals surface area contributed by atoms with Crippen LogP contribution < -0.4 is 4.72 Å². The van der Waals surface area contributed by atoms with Crippen LogP contribution in [0.15, 0.2) is 53.8 Å². The van der Waals surface area contributed by atoms with E-state index in [1.807, 2.05) is 0 Å². The molecule has 3 rings (SSSR count). The van der Waals surface area contributed by atoms with Crippen LogP contribution in [0.5, 0.6) is 0 Å². The summed E-state index contributed by atoms with van der Waals surface area (Å²) in [6, 6.07) is 5.21. The van der Waals surface area contributed by atoms with Gasteiger partial charge in [0, 0.05) is 18.8 Å². The molecule has 1 aromatic heterocycles. The molecule has 0 radical (unpaired) electrons. The van der Waals surface area contributed by atoms with Crippen molar-refractivity contribution in [1.29, 1.82) is 0 Å². The Balaban J connectivity index is 2.16. The standard InChI is InChI=1S/C20H17F6N3O2S/c1-27-32(30,31)16-4-3-13(17(9-16)18-10-29(2)11-28-18)5-12-6-14(19(21,22)23)8-15(7-12)20(24,25)26/h3-4,6-11,27H,5H2,1-2H3. The molecular formula is C20H17F6N3O2S. The van der Waals surface area contributed by atoms with Crippen molar-refractivity contribution in [2.75, 3.05) is 7.05 Å². The molecule has 0 spiro atoms. The number of aromatic nitrogens is 2. The van der Waals surface area contributed by atoms with E-state index in [-0.39, 0.29) is 28.5 Å². The predicted molar refractivity (Wildman–Crippen MR) is 104 cm³/mol. The van der Waals surface area contributed by atoms with Crippen LogP contribution in [0.4, 0.5) is 26.3 Å². The predicted octanol–water partition coefficient (Wildman–Crippen LogP) is 4.62. The number of nitrogens with one attached hydrogen (secondary N) is 1.